The van der Waals surface area contributed by atoms with Gasteiger partial charge in [-0.1, -0.05) is 29.8 Å². The van der Waals surface area contributed by atoms with Gasteiger partial charge in [0, 0.05) is 17.7 Å². The number of nitrogens with two attached hydrogens (primary N) is 1. The van der Waals surface area contributed by atoms with Crippen LogP contribution in [-0.4, -0.2) is 12.1 Å². The molecule has 0 aliphatic carbocycles. The van der Waals surface area contributed by atoms with Crippen LogP contribution in [0.15, 0.2) is 36.4 Å². The van der Waals surface area contributed by atoms with Crippen molar-refractivity contribution in [3.63, 3.8) is 0 Å². The van der Waals surface area contributed by atoms with Crippen molar-refractivity contribution in [3.8, 4) is 17.1 Å². The van der Waals surface area contributed by atoms with Crippen molar-refractivity contribution in [2.24, 2.45) is 5.73 Å². The molecule has 0 spiro atoms. The average Bonchev–Trinajstić information content (AvgIpc) is 2.38. The molecule has 3 heteroatoms. The summed E-state index contributed by atoms with van der Waals surface area (Å²) in [5.41, 5.74) is 9.75. The van der Waals surface area contributed by atoms with Gasteiger partial charge in [-0.15, -0.1) is 0 Å². The third-order valence-corrected chi connectivity index (χ3v) is 2.67. The Labute approximate surface area is 101 Å². The van der Waals surface area contributed by atoms with E-state index in [0.717, 1.165) is 16.8 Å². The highest BCUT2D eigenvalue weighted by atomic mass is 16.5. The zero-order valence-corrected chi connectivity index (χ0v) is 10.1. The van der Waals surface area contributed by atoms with E-state index in [1.165, 1.54) is 5.56 Å². The number of ether oxygens (including phenoxy) is 1. The fourth-order valence-electron chi connectivity index (χ4n) is 1.77. The predicted octanol–water partition coefficient (Wildman–Crippen LogP) is 2.52. The van der Waals surface area contributed by atoms with Gasteiger partial charge in [0.2, 0.25) is 5.88 Å². The minimum atomic E-state index is 0.435. The monoisotopic (exact) mass is 228 g/mol. The Morgan fingerprint density at radius 2 is 2.06 bits per heavy atom. The van der Waals surface area contributed by atoms with Crippen molar-refractivity contribution in [1.82, 2.24) is 4.98 Å². The average molecular weight is 228 g/mol. The molecule has 0 aliphatic heterocycles. The second-order valence-electron chi connectivity index (χ2n) is 3.94. The zero-order valence-electron chi connectivity index (χ0n) is 10.1. The van der Waals surface area contributed by atoms with Crippen LogP contribution in [0.25, 0.3) is 11.3 Å². The summed E-state index contributed by atoms with van der Waals surface area (Å²) in [4.78, 5) is 4.47. The van der Waals surface area contributed by atoms with Crippen molar-refractivity contribution >= 4 is 0 Å². The van der Waals surface area contributed by atoms with E-state index in [1.807, 2.05) is 24.3 Å². The Balaban J connectivity index is 2.46. The summed E-state index contributed by atoms with van der Waals surface area (Å²) < 4.78 is 5.24. The first kappa shape index (κ1) is 11.6. The zero-order chi connectivity index (χ0) is 12.3. The molecule has 3 nitrogen and oxygen atoms in total. The molecule has 17 heavy (non-hydrogen) atoms. The second kappa shape index (κ2) is 4.97. The van der Waals surface area contributed by atoms with Crippen molar-refractivity contribution in [3.05, 3.63) is 47.5 Å². The van der Waals surface area contributed by atoms with Crippen molar-refractivity contribution in [1.29, 1.82) is 0 Å². The van der Waals surface area contributed by atoms with E-state index < -0.39 is 0 Å². The highest BCUT2D eigenvalue weighted by Crippen LogP contribution is 2.23. The molecule has 0 fully saturated rings. The normalized spacial score (nSPS) is 10.3. The van der Waals surface area contributed by atoms with Crippen molar-refractivity contribution < 1.29 is 4.74 Å². The molecule has 0 radical (unpaired) electrons. The van der Waals surface area contributed by atoms with Crippen LogP contribution >= 0.6 is 0 Å². The van der Waals surface area contributed by atoms with Gasteiger partial charge in [0.25, 0.3) is 0 Å². The van der Waals surface area contributed by atoms with Crippen LogP contribution in [0.1, 0.15) is 11.1 Å². The van der Waals surface area contributed by atoms with E-state index in [1.54, 1.807) is 7.11 Å². The summed E-state index contributed by atoms with van der Waals surface area (Å²) in [5.74, 6) is 0.603. The first-order valence-electron chi connectivity index (χ1n) is 5.55. The SMILES string of the molecule is COc1nc(-c2cccc(C)c2)ccc1CN. The molecule has 2 rings (SSSR count). The van der Waals surface area contributed by atoms with Gasteiger partial charge in [0.1, 0.15) is 0 Å². The van der Waals surface area contributed by atoms with E-state index in [4.69, 9.17) is 10.5 Å². The highest BCUT2D eigenvalue weighted by molar-refractivity contribution is 5.61. The third kappa shape index (κ3) is 2.45. The van der Waals surface area contributed by atoms with Crippen molar-refractivity contribution in [2.75, 3.05) is 7.11 Å². The Morgan fingerprint density at radius 1 is 1.24 bits per heavy atom. The largest absolute Gasteiger partial charge is 0.481 e. The molecule has 0 bridgehead atoms. The molecule has 0 atom stereocenters. The molecule has 0 saturated heterocycles. The van der Waals surface area contributed by atoms with Gasteiger partial charge in [-0.05, 0) is 19.1 Å². The smallest absolute Gasteiger partial charge is 0.218 e. The number of benzene rings is 1. The van der Waals surface area contributed by atoms with E-state index in [9.17, 15) is 0 Å². The van der Waals surface area contributed by atoms with Gasteiger partial charge in [0.05, 0.1) is 12.8 Å². The van der Waals surface area contributed by atoms with Crippen LogP contribution < -0.4 is 10.5 Å². The number of aryl methyl sites for hydroxylation is 1. The van der Waals surface area contributed by atoms with Gasteiger partial charge in [-0.3, -0.25) is 0 Å². The van der Waals surface area contributed by atoms with Gasteiger partial charge in [-0.25, -0.2) is 4.98 Å². The molecule has 2 aromatic rings. The Hall–Kier alpha value is -1.87. The second-order valence-corrected chi connectivity index (χ2v) is 3.94. The fraction of sp³-hybridized carbons (Fsp3) is 0.214. The maximum atomic E-state index is 5.62. The fourth-order valence-corrected chi connectivity index (χ4v) is 1.77. The van der Waals surface area contributed by atoms with E-state index in [2.05, 4.69) is 24.0 Å². The van der Waals surface area contributed by atoms with Gasteiger partial charge >= 0.3 is 0 Å². The molecule has 0 aliphatic rings. The lowest BCUT2D eigenvalue weighted by Gasteiger charge is -2.08. The summed E-state index contributed by atoms with van der Waals surface area (Å²) in [6.45, 7) is 2.50. The van der Waals surface area contributed by atoms with Crippen LogP contribution in [-0.2, 0) is 6.54 Å². The van der Waals surface area contributed by atoms with E-state index in [0.29, 0.717) is 12.4 Å². The lowest BCUT2D eigenvalue weighted by molar-refractivity contribution is 0.393. The lowest BCUT2D eigenvalue weighted by atomic mass is 10.1. The highest BCUT2D eigenvalue weighted by Gasteiger charge is 2.06. The molecule has 0 unspecified atom stereocenters. The molecule has 0 saturated carbocycles. The summed E-state index contributed by atoms with van der Waals surface area (Å²) in [5, 5.41) is 0. The summed E-state index contributed by atoms with van der Waals surface area (Å²) >= 11 is 0. The predicted molar refractivity (Wildman–Crippen MR) is 68.9 cm³/mol. The van der Waals surface area contributed by atoms with Crippen LogP contribution in [0.3, 0.4) is 0 Å². The molecule has 1 aromatic heterocycles. The van der Waals surface area contributed by atoms with Crippen LogP contribution in [0.5, 0.6) is 5.88 Å². The number of aromatic nitrogens is 1. The number of methoxy groups -OCH3 is 1. The molecule has 2 N–H and O–H groups in total. The number of nitrogens with zero attached hydrogens (tertiary/aromatic N) is 1. The first-order valence-corrected chi connectivity index (χ1v) is 5.55. The Kier molecular flexibility index (Phi) is 3.40. The summed E-state index contributed by atoms with van der Waals surface area (Å²) in [6, 6.07) is 12.2. The van der Waals surface area contributed by atoms with E-state index >= 15 is 0 Å². The number of rotatable bonds is 3. The summed E-state index contributed by atoms with van der Waals surface area (Å²) in [7, 11) is 1.61. The molecule has 88 valence electrons. The lowest BCUT2D eigenvalue weighted by Crippen LogP contribution is -2.02. The molecular weight excluding hydrogens is 212 g/mol. The van der Waals surface area contributed by atoms with E-state index in [-0.39, 0.29) is 0 Å². The third-order valence-electron chi connectivity index (χ3n) is 2.67. The van der Waals surface area contributed by atoms with Crippen molar-refractivity contribution in [2.45, 2.75) is 13.5 Å². The molecule has 1 heterocycles. The number of hydrogen-bond donors (Lipinski definition) is 1. The minimum absolute atomic E-state index is 0.435. The number of pyridine rings is 1. The van der Waals surface area contributed by atoms with Gasteiger partial charge in [-0.2, -0.15) is 0 Å². The minimum Gasteiger partial charge on any atom is -0.481 e. The Morgan fingerprint density at radius 3 is 2.71 bits per heavy atom. The Bertz CT molecular complexity index is 523. The quantitative estimate of drug-likeness (QED) is 0.878. The topological polar surface area (TPSA) is 48.1 Å². The van der Waals surface area contributed by atoms with Gasteiger partial charge in [0.15, 0.2) is 0 Å². The van der Waals surface area contributed by atoms with Crippen LogP contribution in [0.4, 0.5) is 0 Å². The maximum absolute atomic E-state index is 5.62. The number of hydrogen-bond acceptors (Lipinski definition) is 3. The maximum Gasteiger partial charge on any atom is 0.218 e. The summed E-state index contributed by atoms with van der Waals surface area (Å²) in [6.07, 6.45) is 0. The molecule has 0 amide bonds. The standard InChI is InChI=1S/C14H16N2O/c1-10-4-3-5-11(8-10)13-7-6-12(9-15)14(16-13)17-2/h3-8H,9,15H2,1-2H3. The van der Waals surface area contributed by atoms with Crippen LogP contribution in [0, 0.1) is 6.92 Å². The van der Waals surface area contributed by atoms with Gasteiger partial charge < -0.3 is 10.5 Å². The molecular formula is C14H16N2O. The van der Waals surface area contributed by atoms with Crippen LogP contribution in [0.2, 0.25) is 0 Å². The molecule has 1 aromatic carbocycles. The first-order chi connectivity index (χ1) is 8.24.